The fourth-order valence-corrected chi connectivity index (χ4v) is 3.55. The molecule has 0 amide bonds. The van der Waals surface area contributed by atoms with Crippen molar-refractivity contribution < 1.29 is 14.4 Å². The molecule has 1 unspecified atom stereocenters. The Labute approximate surface area is 122 Å². The van der Waals surface area contributed by atoms with Gasteiger partial charge in [-0.05, 0) is 32.1 Å². The van der Waals surface area contributed by atoms with Crippen molar-refractivity contribution in [3.8, 4) is 0 Å². The Morgan fingerprint density at radius 1 is 1.25 bits per heavy atom. The van der Waals surface area contributed by atoms with Gasteiger partial charge in [-0.1, -0.05) is 26.2 Å². The van der Waals surface area contributed by atoms with Crippen LogP contribution >= 0.6 is 0 Å². The van der Waals surface area contributed by atoms with Crippen molar-refractivity contribution in [1.29, 1.82) is 0 Å². The summed E-state index contributed by atoms with van der Waals surface area (Å²) in [6, 6.07) is 1.16. The lowest BCUT2D eigenvalue weighted by molar-refractivity contribution is -0.170. The minimum absolute atomic E-state index is 0.175. The normalized spacial score (nSPS) is 32.3. The van der Waals surface area contributed by atoms with Gasteiger partial charge in [-0.2, -0.15) is 5.06 Å². The molecular weight excluding hydrogens is 254 g/mol. The van der Waals surface area contributed by atoms with Crippen molar-refractivity contribution >= 4 is 5.97 Å². The van der Waals surface area contributed by atoms with Crippen LogP contribution in [0.15, 0.2) is 0 Å². The van der Waals surface area contributed by atoms with Gasteiger partial charge in [-0.25, -0.2) is 0 Å². The molecule has 116 valence electrons. The predicted octanol–water partition coefficient (Wildman–Crippen LogP) is 3.30. The van der Waals surface area contributed by atoms with Crippen molar-refractivity contribution in [2.45, 2.75) is 77.3 Å². The van der Waals surface area contributed by atoms with Crippen LogP contribution in [0.2, 0.25) is 0 Å². The summed E-state index contributed by atoms with van der Waals surface area (Å²) in [7, 11) is 0. The summed E-state index contributed by atoms with van der Waals surface area (Å²) in [5.74, 6) is 0.514. The lowest BCUT2D eigenvalue weighted by Crippen LogP contribution is -2.44. The molecule has 2 aliphatic rings. The van der Waals surface area contributed by atoms with Crippen LogP contribution in [-0.4, -0.2) is 36.3 Å². The molecule has 0 spiro atoms. The summed E-state index contributed by atoms with van der Waals surface area (Å²) in [6.45, 7) is 5.16. The van der Waals surface area contributed by atoms with E-state index in [1.807, 2.05) is 0 Å². The first-order chi connectivity index (χ1) is 9.72. The molecule has 4 atom stereocenters. The van der Waals surface area contributed by atoms with E-state index in [9.17, 15) is 4.79 Å². The molecule has 0 aromatic carbocycles. The van der Waals surface area contributed by atoms with Crippen molar-refractivity contribution in [3.05, 3.63) is 0 Å². The number of carbonyl (C=O) groups is 1. The molecule has 2 saturated heterocycles. The summed E-state index contributed by atoms with van der Waals surface area (Å²) in [5, 5.41) is 2.29. The Hall–Kier alpha value is -0.610. The van der Waals surface area contributed by atoms with E-state index in [-0.39, 0.29) is 5.97 Å². The second-order valence-electron chi connectivity index (χ2n) is 6.19. The fraction of sp³-hybridized carbons (Fsp3) is 0.938. The molecule has 0 saturated carbocycles. The zero-order valence-electron chi connectivity index (χ0n) is 13.0. The van der Waals surface area contributed by atoms with Crippen LogP contribution in [0, 0.1) is 5.92 Å². The molecule has 0 radical (unpaired) electrons. The van der Waals surface area contributed by atoms with Gasteiger partial charge in [0.1, 0.15) is 0 Å². The Balaban J connectivity index is 1.75. The highest BCUT2D eigenvalue weighted by Crippen LogP contribution is 2.38. The number of carbonyl (C=O) groups excluding carboxylic acids is 1. The van der Waals surface area contributed by atoms with E-state index in [0.717, 1.165) is 19.4 Å². The van der Waals surface area contributed by atoms with Crippen LogP contribution in [0.3, 0.4) is 0 Å². The van der Waals surface area contributed by atoms with Crippen molar-refractivity contribution in [2.75, 3.05) is 13.2 Å². The summed E-state index contributed by atoms with van der Waals surface area (Å²) >= 11 is 0. The number of unbranched alkanes of at least 4 members (excludes halogenated alkanes) is 2. The van der Waals surface area contributed by atoms with E-state index in [1.54, 1.807) is 0 Å². The molecule has 4 heteroatoms. The standard InChI is InChI=1S/C16H29NO3/c1-3-4-5-7-15-10-9-14-12-20-17(15)16(14)8-6-11-19-13(2)18/h14-16H,3-12H2,1-2H3/t14-,15-,16+/m1/s1. The predicted molar refractivity (Wildman–Crippen MR) is 78.1 cm³/mol. The maximum atomic E-state index is 10.8. The minimum atomic E-state index is -0.175. The SMILES string of the molecule is CCCCC[C@@H]1CC[C@@H]2CON1[C@H]2CCCOC(C)=O. The Morgan fingerprint density at radius 2 is 2.10 bits per heavy atom. The van der Waals surface area contributed by atoms with Crippen molar-refractivity contribution in [3.63, 3.8) is 0 Å². The van der Waals surface area contributed by atoms with Gasteiger partial charge in [-0.3, -0.25) is 9.63 Å². The van der Waals surface area contributed by atoms with Gasteiger partial charge in [0, 0.05) is 24.9 Å². The molecule has 0 aromatic rings. The van der Waals surface area contributed by atoms with Gasteiger partial charge in [0.2, 0.25) is 0 Å². The number of hydroxylamine groups is 2. The quantitative estimate of drug-likeness (QED) is 0.506. The molecule has 2 fully saturated rings. The van der Waals surface area contributed by atoms with Crippen LogP contribution in [0.1, 0.15) is 65.2 Å². The summed E-state index contributed by atoms with van der Waals surface area (Å²) in [5.41, 5.74) is 0. The number of hydrogen-bond donors (Lipinski definition) is 0. The molecule has 0 aromatic heterocycles. The van der Waals surface area contributed by atoms with Gasteiger partial charge in [0.15, 0.2) is 0 Å². The monoisotopic (exact) mass is 283 g/mol. The van der Waals surface area contributed by atoms with Crippen LogP contribution in [0.5, 0.6) is 0 Å². The zero-order valence-corrected chi connectivity index (χ0v) is 13.0. The molecule has 2 bridgehead atoms. The Morgan fingerprint density at radius 3 is 2.85 bits per heavy atom. The first-order valence-corrected chi connectivity index (χ1v) is 8.27. The first-order valence-electron chi connectivity index (χ1n) is 8.27. The maximum absolute atomic E-state index is 10.8. The van der Waals surface area contributed by atoms with Crippen LogP contribution < -0.4 is 0 Å². The van der Waals surface area contributed by atoms with Gasteiger partial charge < -0.3 is 4.74 Å². The fourth-order valence-electron chi connectivity index (χ4n) is 3.55. The van der Waals surface area contributed by atoms with Gasteiger partial charge in [0.05, 0.1) is 13.2 Å². The maximum Gasteiger partial charge on any atom is 0.302 e. The van der Waals surface area contributed by atoms with Crippen molar-refractivity contribution in [1.82, 2.24) is 5.06 Å². The Bertz CT molecular complexity index is 308. The van der Waals surface area contributed by atoms with Gasteiger partial charge in [0.25, 0.3) is 0 Å². The lowest BCUT2D eigenvalue weighted by atomic mass is 9.85. The highest BCUT2D eigenvalue weighted by Gasteiger charge is 2.42. The highest BCUT2D eigenvalue weighted by atomic mass is 16.7. The van der Waals surface area contributed by atoms with Crippen molar-refractivity contribution in [2.24, 2.45) is 5.92 Å². The average Bonchev–Trinajstić information content (AvgIpc) is 2.70. The summed E-state index contributed by atoms with van der Waals surface area (Å²) < 4.78 is 5.03. The molecular formula is C16H29NO3. The smallest absolute Gasteiger partial charge is 0.302 e. The van der Waals surface area contributed by atoms with E-state index < -0.39 is 0 Å². The number of hydrogen-bond acceptors (Lipinski definition) is 4. The third kappa shape index (κ3) is 4.19. The van der Waals surface area contributed by atoms with Crippen LogP contribution in [0.25, 0.3) is 0 Å². The van der Waals surface area contributed by atoms with E-state index >= 15 is 0 Å². The average molecular weight is 283 g/mol. The second kappa shape index (κ2) is 7.99. The van der Waals surface area contributed by atoms with Gasteiger partial charge >= 0.3 is 5.97 Å². The Kier molecular flexibility index (Phi) is 6.30. The molecule has 2 heterocycles. The molecule has 4 nitrogen and oxygen atoms in total. The molecule has 0 aliphatic carbocycles. The number of fused-ring (bicyclic) bond motifs is 2. The minimum Gasteiger partial charge on any atom is -0.466 e. The first kappa shape index (κ1) is 15.8. The zero-order chi connectivity index (χ0) is 14.4. The largest absolute Gasteiger partial charge is 0.466 e. The third-order valence-corrected chi connectivity index (χ3v) is 4.63. The van der Waals surface area contributed by atoms with E-state index in [4.69, 9.17) is 9.57 Å². The molecule has 0 N–H and O–H groups in total. The van der Waals surface area contributed by atoms with Crippen LogP contribution in [-0.2, 0) is 14.4 Å². The van der Waals surface area contributed by atoms with E-state index in [2.05, 4.69) is 12.0 Å². The van der Waals surface area contributed by atoms with E-state index in [0.29, 0.717) is 24.6 Å². The number of rotatable bonds is 8. The third-order valence-electron chi connectivity index (χ3n) is 4.63. The molecule has 20 heavy (non-hydrogen) atoms. The number of piperidine rings is 1. The number of esters is 1. The van der Waals surface area contributed by atoms with Crippen LogP contribution in [0.4, 0.5) is 0 Å². The number of nitrogens with zero attached hydrogens (tertiary/aromatic N) is 1. The summed E-state index contributed by atoms with van der Waals surface area (Å²) in [6.07, 6.45) is 9.80. The van der Waals surface area contributed by atoms with Gasteiger partial charge in [-0.15, -0.1) is 0 Å². The highest BCUT2D eigenvalue weighted by molar-refractivity contribution is 5.65. The summed E-state index contributed by atoms with van der Waals surface area (Å²) in [4.78, 5) is 16.7. The second-order valence-corrected chi connectivity index (χ2v) is 6.19. The lowest BCUT2D eigenvalue weighted by Gasteiger charge is -2.37. The molecule has 2 aliphatic heterocycles. The number of ether oxygens (including phenoxy) is 1. The van der Waals surface area contributed by atoms with E-state index in [1.165, 1.54) is 45.4 Å². The topological polar surface area (TPSA) is 38.8 Å². The molecule has 2 rings (SSSR count).